The maximum absolute atomic E-state index is 13.0. The number of hydrogen-bond acceptors (Lipinski definition) is 10. The van der Waals surface area contributed by atoms with E-state index < -0.39 is 49.5 Å². The smallest absolute Gasteiger partial charge is 0.305 e. The van der Waals surface area contributed by atoms with E-state index >= 15 is 0 Å². The molecule has 1 aliphatic rings. The Kier molecular flexibility index (Phi) is 50.5. The van der Waals surface area contributed by atoms with Gasteiger partial charge in [-0.25, -0.2) is 0 Å². The van der Waals surface area contributed by atoms with Crippen molar-refractivity contribution in [3.8, 4) is 0 Å². The molecule has 0 aromatic heterocycles. The summed E-state index contributed by atoms with van der Waals surface area (Å²) in [7, 11) is 0. The topological polar surface area (TPSA) is 175 Å². The number of carbonyl (C=O) groups excluding carboxylic acids is 2. The van der Waals surface area contributed by atoms with Crippen LogP contribution in [0.3, 0.4) is 0 Å². The van der Waals surface area contributed by atoms with Crippen molar-refractivity contribution < 1.29 is 49.3 Å². The standard InChI is InChI=1S/C64H117NO10/c1-3-5-7-9-11-13-14-15-16-22-26-29-32-36-40-44-48-52-60(69)73-53-49-45-41-37-33-30-27-24-21-19-17-18-20-23-25-28-31-35-39-43-47-51-59(68)65-56(57(67)50-46-42-38-34-12-10-8-6-4-2)55-74-64-63(72)62(71)61(70)58(54-66)75-64/h12,30,33-34,41,45-46,50,56-58,61-64,66-67,70-72H,3-11,13-29,31-32,35-40,42-44,47-49,51-55H2,1-2H3,(H,65,68)/b33-30+,34-12+,45-41-,50-46+. The zero-order valence-corrected chi connectivity index (χ0v) is 48.3. The van der Waals surface area contributed by atoms with Crippen molar-refractivity contribution in [2.75, 3.05) is 19.8 Å². The Morgan fingerprint density at radius 1 is 0.493 bits per heavy atom. The number of unbranched alkanes of at least 4 members (excludes halogenated alkanes) is 34. The lowest BCUT2D eigenvalue weighted by Gasteiger charge is -2.40. The van der Waals surface area contributed by atoms with Gasteiger partial charge in [-0.1, -0.05) is 255 Å². The second-order valence-electron chi connectivity index (χ2n) is 21.8. The van der Waals surface area contributed by atoms with Crippen molar-refractivity contribution in [1.29, 1.82) is 0 Å². The Labute approximate surface area is 459 Å². The number of aliphatic hydroxyl groups is 5. The van der Waals surface area contributed by atoms with Gasteiger partial charge in [0.15, 0.2) is 6.29 Å². The van der Waals surface area contributed by atoms with Crippen LogP contribution in [-0.4, -0.2) is 100 Å². The zero-order chi connectivity index (χ0) is 54.5. The molecule has 0 saturated carbocycles. The minimum absolute atomic E-state index is 0.0453. The number of carbonyl (C=O) groups is 2. The largest absolute Gasteiger partial charge is 0.465 e. The Morgan fingerprint density at radius 3 is 1.43 bits per heavy atom. The van der Waals surface area contributed by atoms with E-state index in [0.717, 1.165) is 77.0 Å². The molecular weight excluding hydrogens is 943 g/mol. The fourth-order valence-electron chi connectivity index (χ4n) is 9.70. The normalized spacial score (nSPS) is 19.1. The summed E-state index contributed by atoms with van der Waals surface area (Å²) in [6.45, 7) is 4.17. The molecule has 0 radical (unpaired) electrons. The molecule has 6 N–H and O–H groups in total. The van der Waals surface area contributed by atoms with Crippen molar-refractivity contribution >= 4 is 11.9 Å². The summed E-state index contributed by atoms with van der Waals surface area (Å²) in [5.41, 5.74) is 0. The molecule has 1 amide bonds. The van der Waals surface area contributed by atoms with Crippen LogP contribution in [0.2, 0.25) is 0 Å². The van der Waals surface area contributed by atoms with Gasteiger partial charge < -0.3 is 45.1 Å². The third-order valence-corrected chi connectivity index (χ3v) is 14.7. The lowest BCUT2D eigenvalue weighted by atomic mass is 9.99. The van der Waals surface area contributed by atoms with Crippen LogP contribution in [0.15, 0.2) is 48.6 Å². The van der Waals surface area contributed by atoms with Gasteiger partial charge in [-0.3, -0.25) is 9.59 Å². The molecular formula is C64H117NO10. The highest BCUT2D eigenvalue weighted by Crippen LogP contribution is 2.23. The first-order valence-corrected chi connectivity index (χ1v) is 31.4. The lowest BCUT2D eigenvalue weighted by Crippen LogP contribution is -2.60. The van der Waals surface area contributed by atoms with Crippen molar-refractivity contribution in [2.45, 2.75) is 326 Å². The molecule has 1 fully saturated rings. The number of rotatable bonds is 54. The van der Waals surface area contributed by atoms with E-state index in [1.54, 1.807) is 6.08 Å². The van der Waals surface area contributed by atoms with Crippen LogP contribution < -0.4 is 5.32 Å². The summed E-state index contributed by atoms with van der Waals surface area (Å²) in [6, 6.07) is -0.830. The maximum Gasteiger partial charge on any atom is 0.305 e. The third kappa shape index (κ3) is 43.2. The second kappa shape index (κ2) is 53.6. The SMILES string of the molecule is CCCCC/C=C/CC/C=C/C(O)C(COC1OC(CO)C(O)C(O)C1O)NC(=O)CCCCCCCCCCCCCCCC/C=C/C/C=C\CCOC(=O)CCCCCCCCCCCCCCCCCCC. The van der Waals surface area contributed by atoms with Gasteiger partial charge in [-0.15, -0.1) is 0 Å². The molecule has 7 unspecified atom stereocenters. The number of ether oxygens (including phenoxy) is 3. The summed E-state index contributed by atoms with van der Waals surface area (Å²) in [4.78, 5) is 25.1. The first-order valence-electron chi connectivity index (χ1n) is 31.4. The first-order chi connectivity index (χ1) is 36.7. The van der Waals surface area contributed by atoms with E-state index in [-0.39, 0.29) is 18.5 Å². The Morgan fingerprint density at radius 2 is 0.907 bits per heavy atom. The highest BCUT2D eigenvalue weighted by Gasteiger charge is 2.44. The van der Waals surface area contributed by atoms with E-state index in [2.05, 4.69) is 55.6 Å². The molecule has 0 spiro atoms. The molecule has 0 bridgehead atoms. The van der Waals surface area contributed by atoms with Gasteiger partial charge in [0.2, 0.25) is 5.91 Å². The van der Waals surface area contributed by atoms with Gasteiger partial charge >= 0.3 is 5.97 Å². The fourth-order valence-corrected chi connectivity index (χ4v) is 9.70. The van der Waals surface area contributed by atoms with Gasteiger partial charge in [0.1, 0.15) is 24.4 Å². The van der Waals surface area contributed by atoms with Gasteiger partial charge in [-0.2, -0.15) is 0 Å². The molecule has 11 heteroatoms. The van der Waals surface area contributed by atoms with Crippen molar-refractivity contribution in [1.82, 2.24) is 5.32 Å². The van der Waals surface area contributed by atoms with Gasteiger partial charge in [0, 0.05) is 12.8 Å². The molecule has 1 aliphatic heterocycles. The summed E-state index contributed by atoms with van der Waals surface area (Å²) in [5, 5.41) is 54.2. The molecule has 1 heterocycles. The van der Waals surface area contributed by atoms with Crippen LogP contribution in [0.4, 0.5) is 0 Å². The molecule has 438 valence electrons. The van der Waals surface area contributed by atoms with Gasteiger partial charge in [0.05, 0.1) is 32.0 Å². The van der Waals surface area contributed by atoms with Crippen LogP contribution in [-0.2, 0) is 23.8 Å². The van der Waals surface area contributed by atoms with Crippen LogP contribution >= 0.6 is 0 Å². The van der Waals surface area contributed by atoms with Crippen molar-refractivity contribution in [3.05, 3.63) is 48.6 Å². The number of amides is 1. The maximum atomic E-state index is 13.0. The third-order valence-electron chi connectivity index (χ3n) is 14.7. The molecule has 0 aliphatic carbocycles. The van der Waals surface area contributed by atoms with E-state index in [9.17, 15) is 35.1 Å². The van der Waals surface area contributed by atoms with E-state index in [0.29, 0.717) is 19.4 Å². The predicted molar refractivity (Wildman–Crippen MR) is 310 cm³/mol. The highest BCUT2D eigenvalue weighted by molar-refractivity contribution is 5.76. The minimum atomic E-state index is -1.58. The highest BCUT2D eigenvalue weighted by atomic mass is 16.7. The van der Waals surface area contributed by atoms with Crippen LogP contribution in [0.1, 0.15) is 284 Å². The number of nitrogens with one attached hydrogen (secondary N) is 1. The van der Waals surface area contributed by atoms with Gasteiger partial charge in [0.25, 0.3) is 0 Å². The van der Waals surface area contributed by atoms with E-state index in [1.165, 1.54) is 180 Å². The molecule has 0 aromatic carbocycles. The average molecular weight is 1060 g/mol. The molecule has 1 saturated heterocycles. The Balaban J connectivity index is 2.01. The molecule has 11 nitrogen and oxygen atoms in total. The summed E-state index contributed by atoms with van der Waals surface area (Å²) >= 11 is 0. The monoisotopic (exact) mass is 1060 g/mol. The molecule has 1 rings (SSSR count). The number of allylic oxidation sites excluding steroid dienone is 6. The molecule has 0 aromatic rings. The zero-order valence-electron chi connectivity index (χ0n) is 48.3. The van der Waals surface area contributed by atoms with Crippen molar-refractivity contribution in [2.24, 2.45) is 0 Å². The summed E-state index contributed by atoms with van der Waals surface area (Å²) in [5.74, 6) is -0.245. The average Bonchev–Trinajstić information content (AvgIpc) is 3.41. The Hall–Kier alpha value is -2.38. The van der Waals surface area contributed by atoms with Crippen molar-refractivity contribution in [3.63, 3.8) is 0 Å². The predicted octanol–water partition coefficient (Wildman–Crippen LogP) is 14.8. The quantitative estimate of drug-likeness (QED) is 0.0195. The Bertz CT molecular complexity index is 1390. The number of hydrogen-bond donors (Lipinski definition) is 6. The molecule has 7 atom stereocenters. The fraction of sp³-hybridized carbons (Fsp3) is 0.844. The van der Waals surface area contributed by atoms with E-state index in [1.807, 2.05) is 6.08 Å². The number of esters is 1. The van der Waals surface area contributed by atoms with Gasteiger partial charge in [-0.05, 0) is 64.2 Å². The minimum Gasteiger partial charge on any atom is -0.465 e. The first kappa shape index (κ1) is 70.6. The van der Waals surface area contributed by atoms with E-state index in [4.69, 9.17) is 14.2 Å². The van der Waals surface area contributed by atoms with Crippen LogP contribution in [0.25, 0.3) is 0 Å². The van der Waals surface area contributed by atoms with Crippen LogP contribution in [0, 0.1) is 0 Å². The number of aliphatic hydroxyl groups excluding tert-OH is 5. The summed E-state index contributed by atoms with van der Waals surface area (Å²) in [6.07, 6.45) is 58.2. The second-order valence-corrected chi connectivity index (χ2v) is 21.8. The lowest BCUT2D eigenvalue weighted by molar-refractivity contribution is -0.302. The van der Waals surface area contributed by atoms with Crippen LogP contribution in [0.5, 0.6) is 0 Å². The summed E-state index contributed by atoms with van der Waals surface area (Å²) < 4.78 is 16.6. The molecule has 75 heavy (non-hydrogen) atoms.